The fraction of sp³-hybridized carbons (Fsp3) is 0.435. The SMILES string of the molecule is CCN(CC)CCCOc1ccc(CNC(=O)c2ccc(C(F)(F)F)cc2C(F)(F)F)cc1. The lowest BCUT2D eigenvalue weighted by molar-refractivity contribution is -0.143. The number of nitrogens with zero attached hydrogens (tertiary/aromatic N) is 1. The quantitative estimate of drug-likeness (QED) is 0.350. The molecule has 2 aromatic carbocycles. The molecule has 0 aliphatic carbocycles. The number of carbonyl (C=O) groups excluding carboxylic acids is 1. The lowest BCUT2D eigenvalue weighted by Gasteiger charge is -2.17. The molecule has 0 saturated heterocycles. The van der Waals surface area contributed by atoms with E-state index >= 15 is 0 Å². The van der Waals surface area contributed by atoms with Crippen LogP contribution in [0.25, 0.3) is 0 Å². The molecule has 0 saturated carbocycles. The van der Waals surface area contributed by atoms with Gasteiger partial charge in [0.2, 0.25) is 0 Å². The molecule has 182 valence electrons. The van der Waals surface area contributed by atoms with Gasteiger partial charge in [0, 0.05) is 13.1 Å². The first-order chi connectivity index (χ1) is 15.5. The van der Waals surface area contributed by atoms with Gasteiger partial charge in [-0.3, -0.25) is 4.79 Å². The Morgan fingerprint density at radius 2 is 1.58 bits per heavy atom. The van der Waals surface area contributed by atoms with Gasteiger partial charge in [0.25, 0.3) is 5.91 Å². The average molecular weight is 476 g/mol. The van der Waals surface area contributed by atoms with Crippen molar-refractivity contribution in [3.05, 3.63) is 64.7 Å². The third kappa shape index (κ3) is 7.96. The summed E-state index contributed by atoms with van der Waals surface area (Å²) in [5.41, 5.74) is -3.38. The number of nitrogens with one attached hydrogen (secondary N) is 1. The number of alkyl halides is 6. The van der Waals surface area contributed by atoms with Gasteiger partial charge in [-0.2, -0.15) is 26.3 Å². The van der Waals surface area contributed by atoms with Crippen molar-refractivity contribution < 1.29 is 35.9 Å². The third-order valence-corrected chi connectivity index (χ3v) is 5.06. The first-order valence-corrected chi connectivity index (χ1v) is 10.5. The highest BCUT2D eigenvalue weighted by molar-refractivity contribution is 5.96. The summed E-state index contributed by atoms with van der Waals surface area (Å²) in [6.45, 7) is 7.45. The summed E-state index contributed by atoms with van der Waals surface area (Å²) in [5, 5.41) is 2.32. The van der Waals surface area contributed by atoms with Gasteiger partial charge < -0.3 is 15.0 Å². The van der Waals surface area contributed by atoms with Crippen molar-refractivity contribution in [2.24, 2.45) is 0 Å². The molecule has 1 N–H and O–H groups in total. The van der Waals surface area contributed by atoms with Crippen LogP contribution >= 0.6 is 0 Å². The van der Waals surface area contributed by atoms with Gasteiger partial charge in [0.15, 0.2) is 0 Å². The number of ether oxygens (including phenoxy) is 1. The van der Waals surface area contributed by atoms with Gasteiger partial charge >= 0.3 is 12.4 Å². The summed E-state index contributed by atoms with van der Waals surface area (Å²) < 4.78 is 83.7. The zero-order valence-corrected chi connectivity index (χ0v) is 18.3. The topological polar surface area (TPSA) is 41.6 Å². The number of amides is 1. The molecule has 0 aliphatic heterocycles. The highest BCUT2D eigenvalue weighted by Gasteiger charge is 2.39. The molecule has 2 aromatic rings. The summed E-state index contributed by atoms with van der Waals surface area (Å²) in [6, 6.07) is 7.60. The summed E-state index contributed by atoms with van der Waals surface area (Å²) in [6.07, 6.45) is -9.21. The van der Waals surface area contributed by atoms with Crippen LogP contribution in [0.4, 0.5) is 26.3 Å². The van der Waals surface area contributed by atoms with E-state index < -0.39 is 35.0 Å². The number of halogens is 6. The first-order valence-electron chi connectivity index (χ1n) is 10.5. The highest BCUT2D eigenvalue weighted by atomic mass is 19.4. The van der Waals surface area contributed by atoms with E-state index in [0.29, 0.717) is 30.1 Å². The molecule has 10 heteroatoms. The van der Waals surface area contributed by atoms with E-state index in [1.54, 1.807) is 24.3 Å². The molecule has 2 rings (SSSR count). The van der Waals surface area contributed by atoms with Crippen molar-refractivity contribution in [3.8, 4) is 5.75 Å². The number of carbonyl (C=O) groups is 1. The second-order valence-corrected chi connectivity index (χ2v) is 7.31. The lowest BCUT2D eigenvalue weighted by Crippen LogP contribution is -2.26. The Bertz CT molecular complexity index is 907. The number of rotatable bonds is 10. The summed E-state index contributed by atoms with van der Waals surface area (Å²) >= 11 is 0. The molecule has 0 aliphatic rings. The van der Waals surface area contributed by atoms with Crippen LogP contribution in [0.15, 0.2) is 42.5 Å². The maximum absolute atomic E-state index is 13.2. The van der Waals surface area contributed by atoms with Crippen LogP contribution in [-0.2, 0) is 18.9 Å². The molecular formula is C23H26F6N2O2. The van der Waals surface area contributed by atoms with Gasteiger partial charge in [-0.05, 0) is 55.4 Å². The molecule has 0 unspecified atom stereocenters. The predicted molar refractivity (Wildman–Crippen MR) is 112 cm³/mol. The Balaban J connectivity index is 1.96. The monoisotopic (exact) mass is 476 g/mol. The van der Waals surface area contributed by atoms with Crippen LogP contribution in [0.2, 0.25) is 0 Å². The van der Waals surface area contributed by atoms with Crippen LogP contribution in [0.3, 0.4) is 0 Å². The maximum Gasteiger partial charge on any atom is 0.417 e. The molecule has 0 atom stereocenters. The molecule has 0 bridgehead atoms. The maximum atomic E-state index is 13.2. The molecule has 1 amide bonds. The van der Waals surface area contributed by atoms with Gasteiger partial charge in [0.1, 0.15) is 5.75 Å². The molecule has 0 aromatic heterocycles. The van der Waals surface area contributed by atoms with Crippen molar-refractivity contribution in [3.63, 3.8) is 0 Å². The summed E-state index contributed by atoms with van der Waals surface area (Å²) in [4.78, 5) is 14.5. The van der Waals surface area contributed by atoms with Crippen LogP contribution < -0.4 is 10.1 Å². The molecular weight excluding hydrogens is 450 g/mol. The van der Waals surface area contributed by atoms with Gasteiger partial charge in [-0.1, -0.05) is 26.0 Å². The zero-order valence-electron chi connectivity index (χ0n) is 18.3. The Morgan fingerprint density at radius 3 is 2.12 bits per heavy atom. The van der Waals surface area contributed by atoms with Crippen molar-refractivity contribution in [2.75, 3.05) is 26.2 Å². The fourth-order valence-electron chi connectivity index (χ4n) is 3.15. The Morgan fingerprint density at radius 1 is 0.939 bits per heavy atom. The van der Waals surface area contributed by atoms with Crippen molar-refractivity contribution in [1.82, 2.24) is 10.2 Å². The molecule has 0 heterocycles. The van der Waals surface area contributed by atoms with Gasteiger partial charge in [-0.25, -0.2) is 0 Å². The highest BCUT2D eigenvalue weighted by Crippen LogP contribution is 2.37. The molecule has 33 heavy (non-hydrogen) atoms. The first kappa shape index (κ1) is 26.5. The standard InChI is InChI=1S/C23H26F6N2O2/c1-3-31(4-2)12-5-13-33-18-9-6-16(7-10-18)15-30-21(32)19-11-8-17(22(24,25)26)14-20(19)23(27,28)29/h6-11,14H,3-5,12-13,15H2,1-2H3,(H,30,32). The van der Waals surface area contributed by atoms with E-state index in [-0.39, 0.29) is 12.6 Å². The smallest absolute Gasteiger partial charge is 0.417 e. The van der Waals surface area contributed by atoms with E-state index in [4.69, 9.17) is 4.74 Å². The zero-order chi connectivity index (χ0) is 24.6. The minimum Gasteiger partial charge on any atom is -0.494 e. The second kappa shape index (κ2) is 11.4. The average Bonchev–Trinajstić information content (AvgIpc) is 2.76. The second-order valence-electron chi connectivity index (χ2n) is 7.31. The van der Waals surface area contributed by atoms with Crippen molar-refractivity contribution in [2.45, 2.75) is 39.2 Å². The normalized spacial score (nSPS) is 12.2. The number of benzene rings is 2. The molecule has 4 nitrogen and oxygen atoms in total. The van der Waals surface area contributed by atoms with Crippen molar-refractivity contribution >= 4 is 5.91 Å². The van der Waals surface area contributed by atoms with Crippen LogP contribution in [0.1, 0.15) is 47.3 Å². The van der Waals surface area contributed by atoms with Gasteiger partial charge in [0.05, 0.1) is 23.3 Å². The van der Waals surface area contributed by atoms with Crippen LogP contribution in [0.5, 0.6) is 5.75 Å². The predicted octanol–water partition coefficient (Wildman–Crippen LogP) is 5.76. The lowest BCUT2D eigenvalue weighted by atomic mass is 10.0. The minimum absolute atomic E-state index is 0.0543. The third-order valence-electron chi connectivity index (χ3n) is 5.06. The van der Waals surface area contributed by atoms with Crippen LogP contribution in [-0.4, -0.2) is 37.0 Å². The van der Waals surface area contributed by atoms with E-state index in [0.717, 1.165) is 26.1 Å². The number of hydrogen-bond acceptors (Lipinski definition) is 3. The fourth-order valence-corrected chi connectivity index (χ4v) is 3.15. The number of hydrogen-bond donors (Lipinski definition) is 1. The summed E-state index contributed by atoms with van der Waals surface area (Å²) in [7, 11) is 0. The Labute approximate surface area is 188 Å². The van der Waals surface area contributed by atoms with E-state index in [1.165, 1.54) is 0 Å². The van der Waals surface area contributed by atoms with Gasteiger partial charge in [-0.15, -0.1) is 0 Å². The van der Waals surface area contributed by atoms with Crippen molar-refractivity contribution in [1.29, 1.82) is 0 Å². The minimum atomic E-state index is -5.11. The van der Waals surface area contributed by atoms with E-state index in [2.05, 4.69) is 24.1 Å². The van der Waals surface area contributed by atoms with Crippen LogP contribution in [0, 0.1) is 0 Å². The summed E-state index contributed by atoms with van der Waals surface area (Å²) in [5.74, 6) is -0.500. The molecule has 0 fully saturated rings. The Hall–Kier alpha value is -2.75. The van der Waals surface area contributed by atoms with E-state index in [1.807, 2.05) is 0 Å². The largest absolute Gasteiger partial charge is 0.494 e. The molecule has 0 spiro atoms. The molecule has 0 radical (unpaired) electrons. The Kier molecular flexibility index (Phi) is 9.16. The van der Waals surface area contributed by atoms with E-state index in [9.17, 15) is 31.1 Å².